The number of esters is 1. The number of ether oxygens (including phenoxy) is 1. The van der Waals surface area contributed by atoms with Gasteiger partial charge in [0.05, 0.1) is 0 Å². The fourth-order valence-corrected chi connectivity index (χ4v) is 2.27. The van der Waals surface area contributed by atoms with Crippen LogP contribution in [-0.2, 0) is 14.3 Å². The Morgan fingerprint density at radius 2 is 2.00 bits per heavy atom. The smallest absolute Gasteiger partial charge is 0.329 e. The Kier molecular flexibility index (Phi) is 7.34. The quantitative estimate of drug-likeness (QED) is 0.423. The van der Waals surface area contributed by atoms with Crippen molar-refractivity contribution in [3.8, 4) is 0 Å². The van der Waals surface area contributed by atoms with E-state index in [4.69, 9.17) is 4.74 Å². The molecule has 114 valence electrons. The maximum atomic E-state index is 11.8. The van der Waals surface area contributed by atoms with E-state index < -0.39 is 6.04 Å². The fourth-order valence-electron chi connectivity index (χ4n) is 2.27. The summed E-state index contributed by atoms with van der Waals surface area (Å²) < 4.78 is 5.10. The van der Waals surface area contributed by atoms with Crippen molar-refractivity contribution in [3.63, 3.8) is 0 Å². The van der Waals surface area contributed by atoms with Gasteiger partial charge in [-0.05, 0) is 19.8 Å². The number of amides is 1. The first-order valence-corrected chi connectivity index (χ1v) is 7.71. The summed E-state index contributed by atoms with van der Waals surface area (Å²) in [4.78, 5) is 23.3. The predicted molar refractivity (Wildman–Crippen MR) is 79.2 cm³/mol. The minimum Gasteiger partial charge on any atom is -0.461 e. The van der Waals surface area contributed by atoms with Crippen LogP contribution in [-0.4, -0.2) is 24.0 Å². The number of hydrogen-bond donors (Lipinski definition) is 1. The molecule has 0 saturated carbocycles. The van der Waals surface area contributed by atoms with Crippen molar-refractivity contribution in [1.29, 1.82) is 0 Å². The van der Waals surface area contributed by atoms with Crippen LogP contribution in [0.3, 0.4) is 0 Å². The maximum absolute atomic E-state index is 11.8. The molecule has 1 rings (SSSR count). The fraction of sp³-hybridized carbons (Fsp3) is 0.750. The molecule has 1 aliphatic rings. The monoisotopic (exact) mass is 281 g/mol. The molecule has 0 aromatic carbocycles. The zero-order valence-corrected chi connectivity index (χ0v) is 12.9. The molecule has 0 aromatic heterocycles. The van der Waals surface area contributed by atoms with E-state index in [-0.39, 0.29) is 23.9 Å². The molecular weight excluding hydrogens is 254 g/mol. The van der Waals surface area contributed by atoms with Crippen LogP contribution < -0.4 is 5.32 Å². The van der Waals surface area contributed by atoms with Crippen molar-refractivity contribution < 1.29 is 14.3 Å². The van der Waals surface area contributed by atoms with Crippen molar-refractivity contribution in [2.75, 3.05) is 0 Å². The summed E-state index contributed by atoms with van der Waals surface area (Å²) in [5.41, 5.74) is 0. The van der Waals surface area contributed by atoms with Crippen molar-refractivity contribution >= 4 is 11.9 Å². The van der Waals surface area contributed by atoms with Gasteiger partial charge < -0.3 is 10.1 Å². The highest BCUT2D eigenvalue weighted by Crippen LogP contribution is 2.21. The van der Waals surface area contributed by atoms with E-state index in [0.717, 1.165) is 6.42 Å². The van der Waals surface area contributed by atoms with Crippen LogP contribution in [0.15, 0.2) is 12.2 Å². The Bertz CT molecular complexity index is 352. The molecule has 20 heavy (non-hydrogen) atoms. The molecule has 4 heteroatoms. The van der Waals surface area contributed by atoms with E-state index >= 15 is 0 Å². The maximum Gasteiger partial charge on any atom is 0.329 e. The Balaban J connectivity index is 2.20. The Hall–Kier alpha value is -1.32. The second kappa shape index (κ2) is 8.77. The first-order valence-electron chi connectivity index (χ1n) is 7.71. The predicted octanol–water partition coefficient (Wildman–Crippen LogP) is 2.97. The summed E-state index contributed by atoms with van der Waals surface area (Å²) in [5.74, 6) is -0.399. The zero-order valence-electron chi connectivity index (χ0n) is 12.9. The van der Waals surface area contributed by atoms with E-state index in [1.165, 1.54) is 25.7 Å². The van der Waals surface area contributed by atoms with Crippen molar-refractivity contribution in [3.05, 3.63) is 12.2 Å². The van der Waals surface area contributed by atoms with Gasteiger partial charge in [-0.25, -0.2) is 4.79 Å². The number of allylic oxidation sites excluding steroid dienone is 1. The first kappa shape index (κ1) is 16.7. The van der Waals surface area contributed by atoms with E-state index in [1.807, 2.05) is 26.0 Å². The van der Waals surface area contributed by atoms with Crippen LogP contribution in [0.25, 0.3) is 0 Å². The highest BCUT2D eigenvalue weighted by molar-refractivity contribution is 5.86. The summed E-state index contributed by atoms with van der Waals surface area (Å²) in [6.45, 7) is 5.96. The summed E-state index contributed by atoms with van der Waals surface area (Å²) in [6.07, 6.45) is 10.1. The molecule has 0 radical (unpaired) electrons. The van der Waals surface area contributed by atoms with Crippen LogP contribution in [0.4, 0.5) is 0 Å². The Labute approximate surface area is 122 Å². The average molecular weight is 281 g/mol. The number of unbranched alkanes of at least 4 members (excludes halogenated alkanes) is 4. The van der Waals surface area contributed by atoms with Crippen LogP contribution >= 0.6 is 0 Å². The molecule has 0 spiro atoms. The van der Waals surface area contributed by atoms with Crippen molar-refractivity contribution in [1.82, 2.24) is 5.32 Å². The second-order valence-electron chi connectivity index (χ2n) is 5.57. The number of cyclic esters (lactones) is 1. The van der Waals surface area contributed by atoms with Gasteiger partial charge in [0.25, 0.3) is 0 Å². The molecule has 0 aliphatic carbocycles. The van der Waals surface area contributed by atoms with Crippen LogP contribution in [0, 0.1) is 5.92 Å². The van der Waals surface area contributed by atoms with Gasteiger partial charge in [0.1, 0.15) is 12.1 Å². The van der Waals surface area contributed by atoms with E-state index in [1.54, 1.807) is 0 Å². The minimum atomic E-state index is -0.490. The van der Waals surface area contributed by atoms with E-state index in [0.29, 0.717) is 6.42 Å². The lowest BCUT2D eigenvalue weighted by molar-refractivity contribution is -0.143. The summed E-state index contributed by atoms with van der Waals surface area (Å²) in [6, 6.07) is -0.490. The molecule has 4 nitrogen and oxygen atoms in total. The number of rotatable bonds is 8. The van der Waals surface area contributed by atoms with Gasteiger partial charge in [-0.3, -0.25) is 4.79 Å². The third-order valence-corrected chi connectivity index (χ3v) is 3.83. The van der Waals surface area contributed by atoms with Crippen LogP contribution in [0.2, 0.25) is 0 Å². The molecular formula is C16H27NO3. The van der Waals surface area contributed by atoms with Gasteiger partial charge in [0.2, 0.25) is 5.91 Å². The van der Waals surface area contributed by atoms with Gasteiger partial charge in [-0.1, -0.05) is 45.3 Å². The molecule has 0 aromatic rings. The third kappa shape index (κ3) is 5.35. The van der Waals surface area contributed by atoms with E-state index in [9.17, 15) is 9.59 Å². The Morgan fingerprint density at radius 3 is 2.60 bits per heavy atom. The number of nitrogens with one attached hydrogen (secondary N) is 1. The first-order chi connectivity index (χ1) is 9.56. The highest BCUT2D eigenvalue weighted by Gasteiger charge is 2.39. The van der Waals surface area contributed by atoms with Crippen LogP contribution in [0.1, 0.15) is 59.3 Å². The number of carbonyl (C=O) groups is 2. The lowest BCUT2D eigenvalue weighted by atomic mass is 10.00. The van der Waals surface area contributed by atoms with Crippen LogP contribution in [0.5, 0.6) is 0 Å². The molecule has 1 saturated heterocycles. The average Bonchev–Trinajstić information content (AvgIpc) is 2.64. The number of carbonyl (C=O) groups excluding carboxylic acids is 2. The van der Waals surface area contributed by atoms with Crippen molar-refractivity contribution in [2.24, 2.45) is 5.92 Å². The van der Waals surface area contributed by atoms with Gasteiger partial charge in [0, 0.05) is 12.3 Å². The molecule has 3 atom stereocenters. The molecule has 1 heterocycles. The molecule has 3 unspecified atom stereocenters. The number of hydrogen-bond acceptors (Lipinski definition) is 3. The second-order valence-corrected chi connectivity index (χ2v) is 5.57. The molecule has 1 N–H and O–H groups in total. The standard InChI is InChI=1S/C16H27NO3/c1-4-5-6-7-8-9-10-11-14(18)17-15-12(2)13(3)20-16(15)19/h9-10,12-13,15H,4-8,11H2,1-3H3,(H,17,18)/b10-9+. The van der Waals surface area contributed by atoms with Gasteiger partial charge >= 0.3 is 5.97 Å². The van der Waals surface area contributed by atoms with Gasteiger partial charge in [-0.2, -0.15) is 0 Å². The van der Waals surface area contributed by atoms with E-state index in [2.05, 4.69) is 12.2 Å². The van der Waals surface area contributed by atoms with Gasteiger partial charge in [0.15, 0.2) is 0 Å². The molecule has 1 fully saturated rings. The summed E-state index contributed by atoms with van der Waals surface area (Å²) in [7, 11) is 0. The minimum absolute atomic E-state index is 0.0319. The zero-order chi connectivity index (χ0) is 15.0. The highest BCUT2D eigenvalue weighted by atomic mass is 16.6. The van der Waals surface area contributed by atoms with Crippen molar-refractivity contribution in [2.45, 2.75) is 71.4 Å². The topological polar surface area (TPSA) is 55.4 Å². The Morgan fingerprint density at radius 1 is 1.25 bits per heavy atom. The summed E-state index contributed by atoms with van der Waals surface area (Å²) >= 11 is 0. The molecule has 0 bridgehead atoms. The summed E-state index contributed by atoms with van der Waals surface area (Å²) in [5, 5.41) is 2.76. The molecule has 1 aliphatic heterocycles. The largest absolute Gasteiger partial charge is 0.461 e. The van der Waals surface area contributed by atoms with Gasteiger partial charge in [-0.15, -0.1) is 0 Å². The third-order valence-electron chi connectivity index (χ3n) is 3.83. The molecule has 1 amide bonds. The normalized spacial score (nSPS) is 25.9. The SMILES string of the molecule is CCCCCC/C=C/CC(=O)NC1C(=O)OC(C)C1C. The lowest BCUT2D eigenvalue weighted by Crippen LogP contribution is -2.41. The lowest BCUT2D eigenvalue weighted by Gasteiger charge is -2.13.